The van der Waals surface area contributed by atoms with Crippen molar-refractivity contribution in [3.63, 3.8) is 0 Å². The molecule has 0 aliphatic heterocycles. The Hall–Kier alpha value is -2.86. The lowest BCUT2D eigenvalue weighted by Gasteiger charge is -2.15. The molecule has 2 N–H and O–H groups in total. The van der Waals surface area contributed by atoms with E-state index in [-0.39, 0.29) is 11.8 Å². The summed E-state index contributed by atoms with van der Waals surface area (Å²) < 4.78 is 10.6. The molecule has 0 radical (unpaired) electrons. The summed E-state index contributed by atoms with van der Waals surface area (Å²) in [4.78, 5) is 24.5. The molecule has 144 valence electrons. The molecule has 2 aromatic carbocycles. The topological polar surface area (TPSA) is 76.7 Å². The van der Waals surface area contributed by atoms with E-state index in [1.54, 1.807) is 38.3 Å². The maximum Gasteiger partial charge on any atom is 0.265 e. The number of nitrogens with one attached hydrogen (secondary N) is 2. The Bertz CT molecular complexity index is 776. The number of aryl methyl sites for hydroxylation is 1. The highest BCUT2D eigenvalue weighted by molar-refractivity contribution is 5.98. The van der Waals surface area contributed by atoms with E-state index in [2.05, 4.69) is 10.6 Å². The second kappa shape index (κ2) is 10.3. The van der Waals surface area contributed by atoms with E-state index in [0.717, 1.165) is 12.0 Å². The third-order valence-electron chi connectivity index (χ3n) is 3.87. The molecule has 0 fully saturated rings. The van der Waals surface area contributed by atoms with Gasteiger partial charge in [0.15, 0.2) is 6.10 Å². The van der Waals surface area contributed by atoms with Gasteiger partial charge in [0.25, 0.3) is 11.8 Å². The molecule has 27 heavy (non-hydrogen) atoms. The first-order valence-corrected chi connectivity index (χ1v) is 8.91. The zero-order valence-electron chi connectivity index (χ0n) is 16.0. The van der Waals surface area contributed by atoms with E-state index in [1.165, 1.54) is 0 Å². The molecular weight excluding hydrogens is 344 g/mol. The van der Waals surface area contributed by atoms with Gasteiger partial charge < -0.3 is 20.1 Å². The fraction of sp³-hybridized carbons (Fsp3) is 0.333. The Kier molecular flexibility index (Phi) is 7.82. The molecule has 2 aromatic rings. The standard InChI is InChI=1S/C21H26N2O4/c1-15-7-4-10-19(13-15)27-16(2)20(24)23-18-9-5-8-17(14-18)21(25)22-11-6-12-26-3/h4-5,7-10,13-14,16H,6,11-12H2,1-3H3,(H,22,25)(H,23,24). The maximum absolute atomic E-state index is 12.4. The van der Waals surface area contributed by atoms with Crippen molar-refractivity contribution in [2.45, 2.75) is 26.4 Å². The first kappa shape index (κ1) is 20.5. The summed E-state index contributed by atoms with van der Waals surface area (Å²) >= 11 is 0. The lowest BCUT2D eigenvalue weighted by Crippen LogP contribution is -2.30. The van der Waals surface area contributed by atoms with Gasteiger partial charge in [-0.1, -0.05) is 18.2 Å². The van der Waals surface area contributed by atoms with Gasteiger partial charge in [0.1, 0.15) is 5.75 Å². The van der Waals surface area contributed by atoms with Gasteiger partial charge in [0.2, 0.25) is 0 Å². The molecule has 2 rings (SSSR count). The van der Waals surface area contributed by atoms with Crippen LogP contribution >= 0.6 is 0 Å². The molecule has 1 unspecified atom stereocenters. The monoisotopic (exact) mass is 370 g/mol. The number of ether oxygens (including phenoxy) is 2. The van der Waals surface area contributed by atoms with Crippen LogP contribution < -0.4 is 15.4 Å². The number of carbonyl (C=O) groups is 2. The maximum atomic E-state index is 12.4. The Morgan fingerprint density at radius 2 is 1.89 bits per heavy atom. The summed E-state index contributed by atoms with van der Waals surface area (Å²) in [5.74, 6) is 0.169. The lowest BCUT2D eigenvalue weighted by atomic mass is 10.2. The molecule has 1 atom stereocenters. The highest BCUT2D eigenvalue weighted by Gasteiger charge is 2.15. The summed E-state index contributed by atoms with van der Waals surface area (Å²) in [5, 5.41) is 5.60. The van der Waals surface area contributed by atoms with E-state index in [0.29, 0.717) is 30.2 Å². The van der Waals surface area contributed by atoms with Crippen LogP contribution in [0.25, 0.3) is 0 Å². The van der Waals surface area contributed by atoms with Crippen LogP contribution in [0.2, 0.25) is 0 Å². The Morgan fingerprint density at radius 3 is 2.63 bits per heavy atom. The average molecular weight is 370 g/mol. The van der Waals surface area contributed by atoms with Gasteiger partial charge in [-0.05, 0) is 56.2 Å². The Morgan fingerprint density at radius 1 is 1.11 bits per heavy atom. The van der Waals surface area contributed by atoms with Crippen molar-refractivity contribution in [2.75, 3.05) is 25.6 Å². The quantitative estimate of drug-likeness (QED) is 0.665. The van der Waals surface area contributed by atoms with Crippen LogP contribution in [-0.4, -0.2) is 38.2 Å². The summed E-state index contributed by atoms with van der Waals surface area (Å²) in [5.41, 5.74) is 2.09. The van der Waals surface area contributed by atoms with Crippen molar-refractivity contribution in [1.82, 2.24) is 5.32 Å². The van der Waals surface area contributed by atoms with Gasteiger partial charge >= 0.3 is 0 Å². The summed E-state index contributed by atoms with van der Waals surface area (Å²) in [6.07, 6.45) is 0.0743. The minimum absolute atomic E-state index is 0.189. The van der Waals surface area contributed by atoms with Gasteiger partial charge in [0, 0.05) is 31.5 Å². The third kappa shape index (κ3) is 6.75. The fourth-order valence-electron chi connectivity index (χ4n) is 2.45. The van der Waals surface area contributed by atoms with E-state index in [1.807, 2.05) is 31.2 Å². The number of rotatable bonds is 9. The average Bonchev–Trinajstić information content (AvgIpc) is 2.65. The highest BCUT2D eigenvalue weighted by Crippen LogP contribution is 2.16. The van der Waals surface area contributed by atoms with Crippen molar-refractivity contribution < 1.29 is 19.1 Å². The number of carbonyl (C=O) groups excluding carboxylic acids is 2. The molecular formula is C21H26N2O4. The molecule has 0 saturated heterocycles. The summed E-state index contributed by atoms with van der Waals surface area (Å²) in [6.45, 7) is 4.77. The van der Waals surface area contributed by atoms with Crippen LogP contribution in [0.4, 0.5) is 5.69 Å². The SMILES string of the molecule is COCCCNC(=O)c1cccc(NC(=O)C(C)Oc2cccc(C)c2)c1. The molecule has 6 heteroatoms. The second-order valence-corrected chi connectivity index (χ2v) is 6.25. The molecule has 0 bridgehead atoms. The van der Waals surface area contributed by atoms with Crippen LogP contribution in [0, 0.1) is 6.92 Å². The van der Waals surface area contributed by atoms with E-state index >= 15 is 0 Å². The van der Waals surface area contributed by atoms with Gasteiger partial charge in [-0.15, -0.1) is 0 Å². The first-order chi connectivity index (χ1) is 13.0. The Balaban J connectivity index is 1.92. The largest absolute Gasteiger partial charge is 0.481 e. The number of methoxy groups -OCH3 is 1. The van der Waals surface area contributed by atoms with Crippen LogP contribution in [-0.2, 0) is 9.53 Å². The van der Waals surface area contributed by atoms with Crippen molar-refractivity contribution in [3.8, 4) is 5.75 Å². The van der Waals surface area contributed by atoms with Crippen LogP contribution in [0.3, 0.4) is 0 Å². The molecule has 0 saturated carbocycles. The zero-order chi connectivity index (χ0) is 19.6. The van der Waals surface area contributed by atoms with Gasteiger partial charge in [-0.2, -0.15) is 0 Å². The normalized spacial score (nSPS) is 11.5. The van der Waals surface area contributed by atoms with Gasteiger partial charge in [-0.25, -0.2) is 0 Å². The fourth-order valence-corrected chi connectivity index (χ4v) is 2.45. The van der Waals surface area contributed by atoms with Crippen molar-refractivity contribution in [3.05, 3.63) is 59.7 Å². The molecule has 0 aliphatic carbocycles. The van der Waals surface area contributed by atoms with Crippen LogP contribution in [0.1, 0.15) is 29.3 Å². The predicted molar refractivity (Wildman–Crippen MR) is 105 cm³/mol. The van der Waals surface area contributed by atoms with E-state index < -0.39 is 6.10 Å². The zero-order valence-corrected chi connectivity index (χ0v) is 16.0. The minimum atomic E-state index is -0.668. The number of anilines is 1. The highest BCUT2D eigenvalue weighted by atomic mass is 16.5. The summed E-state index contributed by atoms with van der Waals surface area (Å²) in [6, 6.07) is 14.3. The molecule has 0 aromatic heterocycles. The van der Waals surface area contributed by atoms with Gasteiger partial charge in [0.05, 0.1) is 0 Å². The Labute approximate surface area is 159 Å². The van der Waals surface area contributed by atoms with Crippen molar-refractivity contribution >= 4 is 17.5 Å². The van der Waals surface area contributed by atoms with Crippen LogP contribution in [0.5, 0.6) is 5.75 Å². The number of amides is 2. The second-order valence-electron chi connectivity index (χ2n) is 6.25. The molecule has 0 aliphatic rings. The number of benzene rings is 2. The van der Waals surface area contributed by atoms with E-state index in [9.17, 15) is 9.59 Å². The smallest absolute Gasteiger partial charge is 0.265 e. The van der Waals surface area contributed by atoms with E-state index in [4.69, 9.17) is 9.47 Å². The first-order valence-electron chi connectivity index (χ1n) is 8.91. The van der Waals surface area contributed by atoms with Crippen LogP contribution in [0.15, 0.2) is 48.5 Å². The number of hydrogen-bond donors (Lipinski definition) is 2. The minimum Gasteiger partial charge on any atom is -0.481 e. The predicted octanol–water partition coefficient (Wildman–Crippen LogP) is 3.17. The third-order valence-corrected chi connectivity index (χ3v) is 3.87. The van der Waals surface area contributed by atoms with Gasteiger partial charge in [-0.3, -0.25) is 9.59 Å². The number of hydrogen-bond acceptors (Lipinski definition) is 4. The van der Waals surface area contributed by atoms with Crippen molar-refractivity contribution in [2.24, 2.45) is 0 Å². The molecule has 2 amide bonds. The lowest BCUT2D eigenvalue weighted by molar-refractivity contribution is -0.122. The molecule has 6 nitrogen and oxygen atoms in total. The molecule has 0 heterocycles. The molecule has 0 spiro atoms. The van der Waals surface area contributed by atoms with Crippen molar-refractivity contribution in [1.29, 1.82) is 0 Å². The summed E-state index contributed by atoms with van der Waals surface area (Å²) in [7, 11) is 1.62.